The smallest absolute Gasteiger partial charge is 0.237 e. The second-order valence-corrected chi connectivity index (χ2v) is 7.14. The molecular formula is C16H14Cl2N4OS. The van der Waals surface area contributed by atoms with Gasteiger partial charge in [-0.2, -0.15) is 5.26 Å². The van der Waals surface area contributed by atoms with Gasteiger partial charge < -0.3 is 5.32 Å². The highest BCUT2D eigenvalue weighted by Gasteiger charge is 2.20. The zero-order valence-corrected chi connectivity index (χ0v) is 15.6. The first-order chi connectivity index (χ1) is 11.3. The number of thioether (sulfide) groups is 1. The summed E-state index contributed by atoms with van der Waals surface area (Å²) in [5.41, 5.74) is 1.34. The summed E-state index contributed by atoms with van der Waals surface area (Å²) in [5.74, 6) is 0.267. The van der Waals surface area contributed by atoms with Gasteiger partial charge >= 0.3 is 0 Å². The lowest BCUT2D eigenvalue weighted by Gasteiger charge is -2.14. The quantitative estimate of drug-likeness (QED) is 0.628. The zero-order valence-electron chi connectivity index (χ0n) is 13.2. The Morgan fingerprint density at radius 3 is 2.50 bits per heavy atom. The highest BCUT2D eigenvalue weighted by Crippen LogP contribution is 2.32. The Morgan fingerprint density at radius 1 is 1.29 bits per heavy atom. The number of anilines is 1. The number of para-hydroxylation sites is 1. The number of carbonyl (C=O) groups is 1. The minimum Gasteiger partial charge on any atom is -0.323 e. The van der Waals surface area contributed by atoms with Gasteiger partial charge in [0.2, 0.25) is 5.91 Å². The number of nitrogens with zero attached hydrogens (tertiary/aromatic N) is 3. The van der Waals surface area contributed by atoms with Crippen molar-refractivity contribution in [1.29, 1.82) is 5.26 Å². The molecule has 124 valence electrons. The van der Waals surface area contributed by atoms with Gasteiger partial charge in [0.05, 0.1) is 26.7 Å². The topological polar surface area (TPSA) is 78.7 Å². The molecule has 1 atom stereocenters. The number of aryl methyl sites for hydroxylation is 2. The monoisotopic (exact) mass is 380 g/mol. The molecule has 0 aliphatic heterocycles. The summed E-state index contributed by atoms with van der Waals surface area (Å²) >= 11 is 13.3. The maximum absolute atomic E-state index is 12.4. The van der Waals surface area contributed by atoms with Crippen LogP contribution in [0.1, 0.15) is 24.0 Å². The maximum atomic E-state index is 12.4. The number of carbonyl (C=O) groups excluding carboxylic acids is 1. The van der Waals surface area contributed by atoms with Crippen LogP contribution in [0.25, 0.3) is 0 Å². The second kappa shape index (κ2) is 7.84. The standard InChI is InChI=1S/C16H14Cl2N4OS/c1-8-11(7-19)16(21-10(3)20-8)24-9(2)15(23)22-14-12(17)5-4-6-13(14)18/h4-6,9H,1-3H3,(H,22,23). The Hall–Kier alpha value is -1.81. The summed E-state index contributed by atoms with van der Waals surface area (Å²) in [6.07, 6.45) is 0. The number of amides is 1. The molecule has 0 radical (unpaired) electrons. The zero-order chi connectivity index (χ0) is 17.9. The van der Waals surface area contributed by atoms with Gasteiger partial charge in [0.25, 0.3) is 0 Å². The predicted octanol–water partition coefficient (Wildman–Crippen LogP) is 4.39. The SMILES string of the molecule is Cc1nc(C)c(C#N)c(SC(C)C(=O)Nc2c(Cl)cccc2Cl)n1. The van der Waals surface area contributed by atoms with Crippen LogP contribution in [-0.2, 0) is 4.79 Å². The van der Waals surface area contributed by atoms with Gasteiger partial charge in [-0.3, -0.25) is 4.79 Å². The Morgan fingerprint density at radius 2 is 1.92 bits per heavy atom. The molecule has 0 aliphatic carbocycles. The van der Waals surface area contributed by atoms with Crippen LogP contribution in [0.4, 0.5) is 5.69 Å². The molecule has 8 heteroatoms. The van der Waals surface area contributed by atoms with Crippen molar-refractivity contribution in [3.05, 3.63) is 45.3 Å². The van der Waals surface area contributed by atoms with Crippen molar-refractivity contribution < 1.29 is 4.79 Å². The molecule has 0 saturated carbocycles. The van der Waals surface area contributed by atoms with Crippen molar-refractivity contribution in [3.63, 3.8) is 0 Å². The molecule has 0 fully saturated rings. The van der Waals surface area contributed by atoms with Gasteiger partial charge in [0.1, 0.15) is 22.5 Å². The summed E-state index contributed by atoms with van der Waals surface area (Å²) in [5, 5.41) is 12.7. The number of hydrogen-bond acceptors (Lipinski definition) is 5. The molecule has 1 unspecified atom stereocenters. The van der Waals surface area contributed by atoms with Crippen LogP contribution in [-0.4, -0.2) is 21.1 Å². The molecule has 1 amide bonds. The molecule has 2 rings (SSSR count). The van der Waals surface area contributed by atoms with Crippen molar-refractivity contribution in [2.75, 3.05) is 5.32 Å². The number of hydrogen-bond donors (Lipinski definition) is 1. The molecule has 1 aromatic carbocycles. The molecule has 0 aliphatic rings. The molecule has 2 aromatic rings. The lowest BCUT2D eigenvalue weighted by Crippen LogP contribution is -2.23. The lowest BCUT2D eigenvalue weighted by molar-refractivity contribution is -0.115. The minimum atomic E-state index is -0.502. The lowest BCUT2D eigenvalue weighted by atomic mass is 10.3. The summed E-state index contributed by atoms with van der Waals surface area (Å²) < 4.78 is 0. The third-order valence-electron chi connectivity index (χ3n) is 3.15. The Balaban J connectivity index is 2.20. The highest BCUT2D eigenvalue weighted by molar-refractivity contribution is 8.00. The molecule has 0 bridgehead atoms. The third-order valence-corrected chi connectivity index (χ3v) is 4.87. The van der Waals surface area contributed by atoms with Crippen molar-refractivity contribution >= 4 is 46.6 Å². The van der Waals surface area contributed by atoms with Crippen molar-refractivity contribution in [1.82, 2.24) is 9.97 Å². The number of halogens is 2. The van der Waals surface area contributed by atoms with Crippen LogP contribution < -0.4 is 5.32 Å². The second-order valence-electron chi connectivity index (χ2n) is 4.99. The van der Waals surface area contributed by atoms with Crippen LogP contribution in [0.15, 0.2) is 23.2 Å². The number of nitrogens with one attached hydrogen (secondary N) is 1. The Kier molecular flexibility index (Phi) is 6.05. The molecule has 1 N–H and O–H groups in total. The van der Waals surface area contributed by atoms with E-state index >= 15 is 0 Å². The third kappa shape index (κ3) is 4.18. The summed E-state index contributed by atoms with van der Waals surface area (Å²) in [7, 11) is 0. The average molecular weight is 381 g/mol. The first-order valence-electron chi connectivity index (χ1n) is 7.00. The van der Waals surface area contributed by atoms with Crippen LogP contribution >= 0.6 is 35.0 Å². The van der Waals surface area contributed by atoms with E-state index in [9.17, 15) is 10.1 Å². The molecule has 5 nitrogen and oxygen atoms in total. The number of aromatic nitrogens is 2. The van der Waals surface area contributed by atoms with Crippen LogP contribution in [0.2, 0.25) is 10.0 Å². The largest absolute Gasteiger partial charge is 0.323 e. The fraction of sp³-hybridized carbons (Fsp3) is 0.250. The van der Waals surface area contributed by atoms with E-state index in [2.05, 4.69) is 21.4 Å². The van der Waals surface area contributed by atoms with Crippen molar-refractivity contribution in [2.45, 2.75) is 31.0 Å². The fourth-order valence-corrected chi connectivity index (χ4v) is 3.45. The van der Waals surface area contributed by atoms with E-state index in [1.165, 1.54) is 11.8 Å². The molecule has 0 spiro atoms. The molecule has 0 saturated heterocycles. The van der Waals surface area contributed by atoms with Crippen LogP contribution in [0.5, 0.6) is 0 Å². The highest BCUT2D eigenvalue weighted by atomic mass is 35.5. The minimum absolute atomic E-state index is 0.284. The normalized spacial score (nSPS) is 11.7. The molecule has 1 heterocycles. The van der Waals surface area contributed by atoms with E-state index in [4.69, 9.17) is 23.2 Å². The summed E-state index contributed by atoms with van der Waals surface area (Å²) in [4.78, 5) is 20.8. The molecule has 1 aromatic heterocycles. The van der Waals surface area contributed by atoms with Gasteiger partial charge in [-0.25, -0.2) is 9.97 Å². The van der Waals surface area contributed by atoms with Gasteiger partial charge in [0, 0.05) is 0 Å². The van der Waals surface area contributed by atoms with E-state index in [1.807, 2.05) is 0 Å². The van der Waals surface area contributed by atoms with E-state index in [-0.39, 0.29) is 5.91 Å². The van der Waals surface area contributed by atoms with Crippen LogP contribution in [0.3, 0.4) is 0 Å². The van der Waals surface area contributed by atoms with E-state index in [1.54, 1.807) is 39.0 Å². The van der Waals surface area contributed by atoms with Crippen molar-refractivity contribution in [2.24, 2.45) is 0 Å². The first-order valence-corrected chi connectivity index (χ1v) is 8.64. The van der Waals surface area contributed by atoms with Gasteiger partial charge in [0.15, 0.2) is 0 Å². The Bertz CT molecular complexity index is 815. The van der Waals surface area contributed by atoms with Gasteiger partial charge in [-0.15, -0.1) is 0 Å². The first kappa shape index (κ1) is 18.5. The van der Waals surface area contributed by atoms with E-state index in [0.717, 1.165) is 0 Å². The number of benzene rings is 1. The Labute approximate surface area is 154 Å². The molecule has 24 heavy (non-hydrogen) atoms. The number of nitriles is 1. The van der Waals surface area contributed by atoms with E-state index in [0.29, 0.717) is 37.8 Å². The fourth-order valence-electron chi connectivity index (χ4n) is 1.96. The van der Waals surface area contributed by atoms with Crippen molar-refractivity contribution in [3.8, 4) is 6.07 Å². The van der Waals surface area contributed by atoms with Gasteiger partial charge in [-0.1, -0.05) is 41.0 Å². The predicted molar refractivity (Wildman–Crippen MR) is 96.6 cm³/mol. The average Bonchev–Trinajstić information content (AvgIpc) is 2.50. The van der Waals surface area contributed by atoms with Gasteiger partial charge in [-0.05, 0) is 32.9 Å². The summed E-state index contributed by atoms with van der Waals surface area (Å²) in [6, 6.07) is 7.07. The number of rotatable bonds is 4. The summed E-state index contributed by atoms with van der Waals surface area (Å²) in [6.45, 7) is 5.21. The van der Waals surface area contributed by atoms with E-state index < -0.39 is 5.25 Å². The molecular weight excluding hydrogens is 367 g/mol. The maximum Gasteiger partial charge on any atom is 0.237 e. The van der Waals surface area contributed by atoms with Crippen LogP contribution in [0, 0.1) is 25.2 Å².